The number of amides is 1. The summed E-state index contributed by atoms with van der Waals surface area (Å²) in [5.41, 5.74) is 2.33. The number of hydrogen-bond donors (Lipinski definition) is 1. The molecule has 2 aromatic rings. The van der Waals surface area contributed by atoms with Crippen LogP contribution in [-0.2, 0) is 17.9 Å². The van der Waals surface area contributed by atoms with Gasteiger partial charge in [-0.05, 0) is 36.3 Å². The van der Waals surface area contributed by atoms with Crippen molar-refractivity contribution in [2.45, 2.75) is 44.0 Å². The van der Waals surface area contributed by atoms with Crippen LogP contribution in [0.4, 0.5) is 0 Å². The zero-order valence-corrected chi connectivity index (χ0v) is 16.2. The first-order valence-corrected chi connectivity index (χ1v) is 10.5. The van der Waals surface area contributed by atoms with E-state index in [1.165, 1.54) is 5.56 Å². The van der Waals surface area contributed by atoms with Crippen LogP contribution in [0.15, 0.2) is 60.7 Å². The molecule has 3 fully saturated rings. The maximum absolute atomic E-state index is 13.0. The molecule has 28 heavy (non-hydrogen) atoms. The molecule has 4 heteroatoms. The molecule has 1 saturated carbocycles. The topological polar surface area (TPSA) is 43.8 Å². The molecule has 2 aromatic carbocycles. The summed E-state index contributed by atoms with van der Waals surface area (Å²) in [4.78, 5) is 17.6. The lowest BCUT2D eigenvalue weighted by Crippen LogP contribution is -2.58. The molecule has 0 bridgehead atoms. The normalized spacial score (nSPS) is 32.4. The van der Waals surface area contributed by atoms with Gasteiger partial charge in [0.1, 0.15) is 6.10 Å². The van der Waals surface area contributed by atoms with Gasteiger partial charge in [-0.25, -0.2) is 0 Å². The average Bonchev–Trinajstić information content (AvgIpc) is 3.19. The van der Waals surface area contributed by atoms with Crippen molar-refractivity contribution in [3.05, 3.63) is 71.8 Å². The van der Waals surface area contributed by atoms with Crippen molar-refractivity contribution >= 4 is 5.91 Å². The molecular formula is C24H28N2O2. The monoisotopic (exact) mass is 376 g/mol. The minimum absolute atomic E-state index is 0.0601. The standard InChI is InChI=1S/C24H28N2O2/c27-22-21-12-11-20-17-25(15-18-7-3-1-4-8-18)14-13-24(20,21)26(23(22)28)16-19-9-5-2-6-10-19/h1-10,20-22,27H,11-17H2/t20-,21-,22+,24-/m0/s1. The average molecular weight is 377 g/mol. The highest BCUT2D eigenvalue weighted by molar-refractivity contribution is 5.85. The fourth-order valence-electron chi connectivity index (χ4n) is 6.06. The summed E-state index contributed by atoms with van der Waals surface area (Å²) in [7, 11) is 0. The molecule has 1 amide bonds. The van der Waals surface area contributed by atoms with Crippen molar-refractivity contribution in [3.63, 3.8) is 0 Å². The fourth-order valence-corrected chi connectivity index (χ4v) is 6.06. The Hall–Kier alpha value is -2.17. The maximum atomic E-state index is 13.0. The van der Waals surface area contributed by atoms with E-state index in [4.69, 9.17) is 0 Å². The van der Waals surface area contributed by atoms with Crippen LogP contribution >= 0.6 is 0 Å². The van der Waals surface area contributed by atoms with E-state index in [1.54, 1.807) is 0 Å². The van der Waals surface area contributed by atoms with E-state index in [-0.39, 0.29) is 17.4 Å². The van der Waals surface area contributed by atoms with Gasteiger partial charge in [0, 0.05) is 32.1 Å². The Bertz CT molecular complexity index is 840. The van der Waals surface area contributed by atoms with E-state index in [9.17, 15) is 9.90 Å². The zero-order chi connectivity index (χ0) is 19.1. The third-order valence-electron chi connectivity index (χ3n) is 7.32. The Balaban J connectivity index is 1.40. The van der Waals surface area contributed by atoms with Crippen molar-refractivity contribution in [2.24, 2.45) is 11.8 Å². The number of carbonyl (C=O) groups excluding carboxylic acids is 1. The second-order valence-electron chi connectivity index (χ2n) is 8.70. The van der Waals surface area contributed by atoms with Crippen LogP contribution in [0, 0.1) is 11.8 Å². The summed E-state index contributed by atoms with van der Waals surface area (Å²) >= 11 is 0. The van der Waals surface area contributed by atoms with Gasteiger partial charge >= 0.3 is 0 Å². The number of hydrogen-bond acceptors (Lipinski definition) is 3. The molecule has 0 unspecified atom stereocenters. The van der Waals surface area contributed by atoms with Gasteiger partial charge in [0.2, 0.25) is 0 Å². The van der Waals surface area contributed by atoms with Gasteiger partial charge in [-0.1, -0.05) is 60.7 Å². The molecule has 1 aliphatic carbocycles. The number of carbonyl (C=O) groups is 1. The Morgan fingerprint density at radius 2 is 1.57 bits per heavy atom. The van der Waals surface area contributed by atoms with Crippen LogP contribution in [-0.4, -0.2) is 45.5 Å². The third kappa shape index (κ3) is 2.78. The first kappa shape index (κ1) is 17.9. The van der Waals surface area contributed by atoms with Gasteiger partial charge in [0.25, 0.3) is 5.91 Å². The summed E-state index contributed by atoms with van der Waals surface area (Å²) in [5, 5.41) is 10.7. The van der Waals surface area contributed by atoms with Gasteiger partial charge in [-0.15, -0.1) is 0 Å². The largest absolute Gasteiger partial charge is 0.383 e. The molecule has 2 heterocycles. The summed E-state index contributed by atoms with van der Waals surface area (Å²) in [5.74, 6) is 0.474. The molecule has 0 aromatic heterocycles. The minimum atomic E-state index is -0.825. The number of nitrogens with zero attached hydrogens (tertiary/aromatic N) is 2. The molecule has 2 aliphatic heterocycles. The van der Waals surface area contributed by atoms with Gasteiger partial charge in [0.15, 0.2) is 0 Å². The predicted molar refractivity (Wildman–Crippen MR) is 108 cm³/mol. The van der Waals surface area contributed by atoms with Crippen LogP contribution in [0.5, 0.6) is 0 Å². The molecule has 1 spiro atoms. The molecule has 5 rings (SSSR count). The van der Waals surface area contributed by atoms with Gasteiger partial charge in [-0.3, -0.25) is 9.69 Å². The van der Waals surface area contributed by atoms with Crippen LogP contribution in [0.2, 0.25) is 0 Å². The summed E-state index contributed by atoms with van der Waals surface area (Å²) in [6.45, 7) is 3.57. The van der Waals surface area contributed by atoms with E-state index in [2.05, 4.69) is 52.3 Å². The maximum Gasteiger partial charge on any atom is 0.252 e. The molecular weight excluding hydrogens is 348 g/mol. The van der Waals surface area contributed by atoms with E-state index in [0.29, 0.717) is 12.5 Å². The Labute approximate surface area is 166 Å². The van der Waals surface area contributed by atoms with E-state index in [0.717, 1.165) is 44.5 Å². The highest BCUT2D eigenvalue weighted by Gasteiger charge is 2.65. The highest BCUT2D eigenvalue weighted by Crippen LogP contribution is 2.55. The number of piperidine rings is 1. The second kappa shape index (κ2) is 7.02. The van der Waals surface area contributed by atoms with Crippen LogP contribution in [0.25, 0.3) is 0 Å². The Morgan fingerprint density at radius 1 is 0.929 bits per heavy atom. The van der Waals surface area contributed by atoms with Crippen molar-refractivity contribution in [1.82, 2.24) is 9.80 Å². The lowest BCUT2D eigenvalue weighted by molar-refractivity contribution is -0.140. The van der Waals surface area contributed by atoms with E-state index < -0.39 is 6.10 Å². The first-order valence-electron chi connectivity index (χ1n) is 10.5. The van der Waals surface area contributed by atoms with Crippen LogP contribution in [0.3, 0.4) is 0 Å². The van der Waals surface area contributed by atoms with E-state index in [1.807, 2.05) is 18.2 Å². The number of benzene rings is 2. The number of aliphatic hydroxyl groups is 1. The van der Waals surface area contributed by atoms with Crippen molar-refractivity contribution in [3.8, 4) is 0 Å². The van der Waals surface area contributed by atoms with Crippen LogP contribution < -0.4 is 0 Å². The minimum Gasteiger partial charge on any atom is -0.383 e. The molecule has 4 atom stereocenters. The molecule has 0 radical (unpaired) electrons. The lowest BCUT2D eigenvalue weighted by Gasteiger charge is -2.49. The number of aliphatic hydroxyl groups excluding tert-OH is 1. The predicted octanol–water partition coefficient (Wildman–Crippen LogP) is 3.06. The lowest BCUT2D eigenvalue weighted by atomic mass is 9.75. The van der Waals surface area contributed by atoms with Gasteiger partial charge in [-0.2, -0.15) is 0 Å². The molecule has 3 aliphatic rings. The van der Waals surface area contributed by atoms with Gasteiger partial charge in [0.05, 0.1) is 5.54 Å². The smallest absolute Gasteiger partial charge is 0.252 e. The Kier molecular flexibility index (Phi) is 4.48. The summed E-state index contributed by atoms with van der Waals surface area (Å²) in [6, 6.07) is 20.8. The van der Waals surface area contributed by atoms with Crippen LogP contribution in [0.1, 0.15) is 30.4 Å². The van der Waals surface area contributed by atoms with Gasteiger partial charge < -0.3 is 10.0 Å². The third-order valence-corrected chi connectivity index (χ3v) is 7.32. The molecule has 2 saturated heterocycles. The summed E-state index contributed by atoms with van der Waals surface area (Å²) < 4.78 is 0. The second-order valence-corrected chi connectivity index (χ2v) is 8.70. The molecule has 146 valence electrons. The van der Waals surface area contributed by atoms with Crippen molar-refractivity contribution in [2.75, 3.05) is 13.1 Å². The SMILES string of the molecule is O=C1[C@H](O)[C@@H]2CC[C@H]3CN(Cc4ccccc4)CC[C@]32N1Cc1ccccc1. The first-order chi connectivity index (χ1) is 13.7. The van der Waals surface area contributed by atoms with Crippen molar-refractivity contribution < 1.29 is 9.90 Å². The fraction of sp³-hybridized carbons (Fsp3) is 0.458. The van der Waals surface area contributed by atoms with E-state index >= 15 is 0 Å². The zero-order valence-electron chi connectivity index (χ0n) is 16.2. The summed E-state index contributed by atoms with van der Waals surface area (Å²) in [6.07, 6.45) is 2.20. The quantitative estimate of drug-likeness (QED) is 0.892. The Morgan fingerprint density at radius 3 is 2.25 bits per heavy atom. The molecule has 4 nitrogen and oxygen atoms in total. The molecule has 1 N–H and O–H groups in total. The van der Waals surface area contributed by atoms with Crippen molar-refractivity contribution in [1.29, 1.82) is 0 Å². The number of rotatable bonds is 4. The number of likely N-dealkylation sites (tertiary alicyclic amines) is 2. The highest BCUT2D eigenvalue weighted by atomic mass is 16.3.